The highest BCUT2D eigenvalue weighted by Gasteiger charge is 2.15. The molecule has 7 heteroatoms. The molecule has 1 aromatic heterocycles. The van der Waals surface area contributed by atoms with Crippen molar-refractivity contribution >= 4 is 17.7 Å². The molecule has 0 spiro atoms. The number of nitrogens with one attached hydrogen (secondary N) is 1. The van der Waals surface area contributed by atoms with Gasteiger partial charge in [-0.25, -0.2) is 4.79 Å². The van der Waals surface area contributed by atoms with E-state index in [1.54, 1.807) is 32.0 Å². The maximum Gasteiger partial charge on any atom is 0.339 e. The van der Waals surface area contributed by atoms with E-state index in [1.165, 1.54) is 6.07 Å². The summed E-state index contributed by atoms with van der Waals surface area (Å²) < 4.78 is 10.1. The summed E-state index contributed by atoms with van der Waals surface area (Å²) in [6.45, 7) is 3.09. The van der Waals surface area contributed by atoms with E-state index in [9.17, 15) is 9.59 Å². The summed E-state index contributed by atoms with van der Waals surface area (Å²) in [5.74, 6) is -0.539. The molecule has 0 saturated heterocycles. The summed E-state index contributed by atoms with van der Waals surface area (Å²) in [6.07, 6.45) is 0. The summed E-state index contributed by atoms with van der Waals surface area (Å²) in [5.41, 5.74) is 0.653. The number of carbonyl (C=O) groups is 2. The number of para-hydroxylation sites is 1. The zero-order chi connectivity index (χ0) is 15.4. The molecule has 1 aromatic carbocycles. The minimum atomic E-state index is -1.11. The van der Waals surface area contributed by atoms with Crippen molar-refractivity contribution in [2.45, 2.75) is 13.8 Å². The maximum atomic E-state index is 11.7. The van der Waals surface area contributed by atoms with Crippen molar-refractivity contribution in [2.24, 2.45) is 0 Å². The molecule has 2 aromatic rings. The van der Waals surface area contributed by atoms with Gasteiger partial charge in [0, 0.05) is 6.07 Å². The van der Waals surface area contributed by atoms with Gasteiger partial charge >= 0.3 is 5.97 Å². The minimum absolute atomic E-state index is 0.0140. The number of hydrogen-bond donors (Lipinski definition) is 2. The van der Waals surface area contributed by atoms with Crippen LogP contribution in [0.4, 0.5) is 5.82 Å². The molecule has 0 aliphatic rings. The third kappa shape index (κ3) is 3.59. The number of ether oxygens (including phenoxy) is 1. The first-order chi connectivity index (χ1) is 9.97. The second-order valence-electron chi connectivity index (χ2n) is 4.42. The van der Waals surface area contributed by atoms with Gasteiger partial charge in [0.15, 0.2) is 12.4 Å². The topological polar surface area (TPSA) is 102 Å². The van der Waals surface area contributed by atoms with Crippen LogP contribution < -0.4 is 10.1 Å². The molecule has 7 nitrogen and oxygen atoms in total. The molecular weight excluding hydrogens is 276 g/mol. The fourth-order valence-electron chi connectivity index (χ4n) is 1.75. The Morgan fingerprint density at radius 3 is 2.76 bits per heavy atom. The number of aromatic carboxylic acids is 1. The summed E-state index contributed by atoms with van der Waals surface area (Å²) >= 11 is 0. The Morgan fingerprint density at radius 2 is 2.14 bits per heavy atom. The van der Waals surface area contributed by atoms with E-state index in [4.69, 9.17) is 14.4 Å². The molecule has 0 atom stereocenters. The molecule has 2 rings (SSSR count). The first kappa shape index (κ1) is 14.6. The predicted molar refractivity (Wildman–Crippen MR) is 73.5 cm³/mol. The zero-order valence-corrected chi connectivity index (χ0v) is 11.5. The molecule has 110 valence electrons. The third-order valence-electron chi connectivity index (χ3n) is 2.69. The maximum absolute atomic E-state index is 11.7. The van der Waals surface area contributed by atoms with E-state index in [0.717, 1.165) is 0 Å². The van der Waals surface area contributed by atoms with Crippen molar-refractivity contribution in [2.75, 3.05) is 11.9 Å². The Balaban J connectivity index is 2.03. The molecule has 0 saturated carbocycles. The Labute approximate surface area is 120 Å². The molecule has 1 amide bonds. The van der Waals surface area contributed by atoms with Gasteiger partial charge in [-0.05, 0) is 25.5 Å². The summed E-state index contributed by atoms with van der Waals surface area (Å²) in [4.78, 5) is 22.8. The highest BCUT2D eigenvalue weighted by Crippen LogP contribution is 2.23. The van der Waals surface area contributed by atoms with Gasteiger partial charge in [-0.3, -0.25) is 4.79 Å². The van der Waals surface area contributed by atoms with E-state index < -0.39 is 11.9 Å². The second kappa shape index (κ2) is 6.08. The first-order valence-electron chi connectivity index (χ1n) is 6.16. The average molecular weight is 290 g/mol. The van der Waals surface area contributed by atoms with Crippen molar-refractivity contribution in [1.29, 1.82) is 0 Å². The van der Waals surface area contributed by atoms with Gasteiger partial charge in [0.2, 0.25) is 0 Å². The van der Waals surface area contributed by atoms with Gasteiger partial charge < -0.3 is 19.7 Å². The average Bonchev–Trinajstić information content (AvgIpc) is 2.82. The molecule has 0 radical (unpaired) electrons. The number of carboxylic acids is 1. The zero-order valence-electron chi connectivity index (χ0n) is 11.5. The van der Waals surface area contributed by atoms with E-state index >= 15 is 0 Å². The molecule has 0 unspecified atom stereocenters. The smallest absolute Gasteiger partial charge is 0.339 e. The molecule has 2 N–H and O–H groups in total. The van der Waals surface area contributed by atoms with Crippen LogP contribution in [0.25, 0.3) is 0 Å². The highest BCUT2D eigenvalue weighted by molar-refractivity contribution is 5.93. The van der Waals surface area contributed by atoms with E-state index in [-0.39, 0.29) is 23.7 Å². The van der Waals surface area contributed by atoms with Gasteiger partial charge in [0.1, 0.15) is 17.1 Å². The standard InChI is InChI=1S/C14H14N2O5/c1-8-4-3-5-10(14(18)19)13(8)20-7-12(17)15-11-6-9(2)21-16-11/h3-6H,7H2,1-2H3,(H,18,19)(H,15,16,17). The Morgan fingerprint density at radius 1 is 1.38 bits per heavy atom. The van der Waals surface area contributed by atoms with Gasteiger partial charge in [0.05, 0.1) is 0 Å². The molecule has 21 heavy (non-hydrogen) atoms. The van der Waals surface area contributed by atoms with Crippen LogP contribution in [0.3, 0.4) is 0 Å². The second-order valence-corrected chi connectivity index (χ2v) is 4.42. The molecule has 1 heterocycles. The lowest BCUT2D eigenvalue weighted by Crippen LogP contribution is -2.21. The van der Waals surface area contributed by atoms with Crippen LogP contribution in [-0.2, 0) is 4.79 Å². The van der Waals surface area contributed by atoms with Crippen molar-refractivity contribution in [3.63, 3.8) is 0 Å². The van der Waals surface area contributed by atoms with Gasteiger partial charge in [-0.2, -0.15) is 0 Å². The molecule has 0 bridgehead atoms. The summed E-state index contributed by atoms with van der Waals surface area (Å²) in [5, 5.41) is 15.2. The number of rotatable bonds is 5. The van der Waals surface area contributed by atoms with Crippen LogP contribution in [0.5, 0.6) is 5.75 Å². The lowest BCUT2D eigenvalue weighted by Gasteiger charge is -2.11. The van der Waals surface area contributed by atoms with Crippen LogP contribution >= 0.6 is 0 Å². The van der Waals surface area contributed by atoms with Crippen molar-refractivity contribution in [3.05, 3.63) is 41.2 Å². The molecule has 0 fully saturated rings. The van der Waals surface area contributed by atoms with Crippen LogP contribution in [0.15, 0.2) is 28.8 Å². The van der Waals surface area contributed by atoms with Crippen LogP contribution in [-0.4, -0.2) is 28.7 Å². The Hall–Kier alpha value is -2.83. The monoisotopic (exact) mass is 290 g/mol. The number of aromatic nitrogens is 1. The largest absolute Gasteiger partial charge is 0.483 e. The summed E-state index contributed by atoms with van der Waals surface area (Å²) in [7, 11) is 0. The number of carboxylic acid groups (broad SMARTS) is 1. The van der Waals surface area contributed by atoms with Gasteiger partial charge in [0.25, 0.3) is 5.91 Å². The normalized spacial score (nSPS) is 10.2. The lowest BCUT2D eigenvalue weighted by atomic mass is 10.1. The quantitative estimate of drug-likeness (QED) is 0.873. The number of nitrogens with zero attached hydrogens (tertiary/aromatic N) is 1. The van der Waals surface area contributed by atoms with Crippen LogP contribution in [0, 0.1) is 13.8 Å². The van der Waals surface area contributed by atoms with Crippen molar-refractivity contribution < 1.29 is 24.0 Å². The van der Waals surface area contributed by atoms with Crippen LogP contribution in [0.1, 0.15) is 21.7 Å². The number of hydrogen-bond acceptors (Lipinski definition) is 5. The first-order valence-corrected chi connectivity index (χ1v) is 6.16. The Bertz CT molecular complexity index is 678. The third-order valence-corrected chi connectivity index (χ3v) is 2.69. The van der Waals surface area contributed by atoms with Gasteiger partial charge in [-0.1, -0.05) is 17.3 Å². The molecule has 0 aliphatic carbocycles. The summed E-state index contributed by atoms with van der Waals surface area (Å²) in [6, 6.07) is 6.31. The Kier molecular flexibility index (Phi) is 4.22. The van der Waals surface area contributed by atoms with E-state index in [2.05, 4.69) is 10.5 Å². The molecular formula is C14H14N2O5. The van der Waals surface area contributed by atoms with Crippen molar-refractivity contribution in [3.8, 4) is 5.75 Å². The number of amides is 1. The molecule has 0 aliphatic heterocycles. The number of benzene rings is 1. The van der Waals surface area contributed by atoms with Gasteiger partial charge in [-0.15, -0.1) is 0 Å². The number of anilines is 1. The predicted octanol–water partition coefficient (Wildman–Crippen LogP) is 2.01. The lowest BCUT2D eigenvalue weighted by molar-refractivity contribution is -0.118. The number of aryl methyl sites for hydroxylation is 2. The number of carbonyl (C=O) groups excluding carboxylic acids is 1. The fourth-order valence-corrected chi connectivity index (χ4v) is 1.75. The minimum Gasteiger partial charge on any atom is -0.483 e. The van der Waals surface area contributed by atoms with Crippen molar-refractivity contribution in [1.82, 2.24) is 5.16 Å². The van der Waals surface area contributed by atoms with E-state index in [0.29, 0.717) is 11.3 Å². The van der Waals surface area contributed by atoms with Crippen LogP contribution in [0.2, 0.25) is 0 Å². The fraction of sp³-hybridized carbons (Fsp3) is 0.214. The SMILES string of the molecule is Cc1cc(NC(=O)COc2c(C)cccc2C(=O)O)no1. The van der Waals surface area contributed by atoms with E-state index in [1.807, 2.05) is 0 Å². The highest BCUT2D eigenvalue weighted by atomic mass is 16.5.